The molecular weight excluding hydrogens is 398 g/mol. The number of nitrogens with one attached hydrogen (secondary N) is 2. The Morgan fingerprint density at radius 3 is 2.65 bits per heavy atom. The predicted octanol–water partition coefficient (Wildman–Crippen LogP) is 0.863. The van der Waals surface area contributed by atoms with Crippen LogP contribution in [0, 0.1) is 0 Å². The van der Waals surface area contributed by atoms with E-state index in [-0.39, 0.29) is 11.8 Å². The van der Waals surface area contributed by atoms with Crippen LogP contribution in [0.2, 0.25) is 0 Å². The lowest BCUT2D eigenvalue weighted by Gasteiger charge is -2.42. The second-order valence-corrected chi connectivity index (χ2v) is 8.12. The molecule has 0 aliphatic carbocycles. The Bertz CT molecular complexity index is 997. The van der Waals surface area contributed by atoms with Gasteiger partial charge in [-0.15, -0.1) is 0 Å². The summed E-state index contributed by atoms with van der Waals surface area (Å²) in [7, 11) is 1.60. The minimum Gasteiger partial charge on any atom is -0.470 e. The molecule has 2 N–H and O–H groups in total. The molecule has 2 fully saturated rings. The number of aromatic nitrogens is 1. The molecule has 162 valence electrons. The molecule has 2 saturated heterocycles. The zero-order chi connectivity index (χ0) is 21.4. The van der Waals surface area contributed by atoms with E-state index in [2.05, 4.69) is 31.5 Å². The zero-order valence-corrected chi connectivity index (χ0v) is 17.4. The van der Waals surface area contributed by atoms with Crippen LogP contribution >= 0.6 is 0 Å². The molecule has 3 aliphatic rings. The Hall–Kier alpha value is -3.17. The number of hydrogen-bond donors (Lipinski definition) is 2. The number of piperazine rings is 1. The van der Waals surface area contributed by atoms with Crippen molar-refractivity contribution in [1.82, 2.24) is 15.2 Å². The van der Waals surface area contributed by atoms with Gasteiger partial charge in [0.15, 0.2) is 0 Å². The van der Waals surface area contributed by atoms with Gasteiger partial charge in [-0.3, -0.25) is 14.5 Å². The first-order chi connectivity index (χ1) is 15.1. The maximum atomic E-state index is 12.3. The van der Waals surface area contributed by atoms with E-state index in [4.69, 9.17) is 9.47 Å². The maximum Gasteiger partial charge on any atom is 0.273 e. The van der Waals surface area contributed by atoms with E-state index in [9.17, 15) is 9.59 Å². The molecule has 3 aliphatic heterocycles. The SMILES string of the molecule is CNC(=O)c1ccc(N2CCN(Cc3ccc4c(c3)NC(=O)C3(COC3)O4)CC2)cn1. The van der Waals surface area contributed by atoms with Gasteiger partial charge in [-0.2, -0.15) is 0 Å². The number of nitrogens with zero attached hydrogens (tertiary/aromatic N) is 3. The summed E-state index contributed by atoms with van der Waals surface area (Å²) in [5.74, 6) is 0.386. The Morgan fingerprint density at radius 1 is 1.19 bits per heavy atom. The molecule has 0 atom stereocenters. The average molecular weight is 423 g/mol. The third-order valence-corrected chi connectivity index (χ3v) is 6.03. The molecule has 0 saturated carbocycles. The molecule has 9 heteroatoms. The Balaban J connectivity index is 1.18. The number of ether oxygens (including phenoxy) is 2. The molecule has 1 spiro atoms. The largest absolute Gasteiger partial charge is 0.470 e. The van der Waals surface area contributed by atoms with Crippen molar-refractivity contribution in [2.24, 2.45) is 0 Å². The normalized spacial score (nSPS) is 19.8. The maximum absolute atomic E-state index is 12.3. The highest BCUT2D eigenvalue weighted by Gasteiger charge is 2.51. The fourth-order valence-corrected chi connectivity index (χ4v) is 4.09. The van der Waals surface area contributed by atoms with Crippen LogP contribution in [-0.4, -0.2) is 73.7 Å². The van der Waals surface area contributed by atoms with Crippen molar-refractivity contribution >= 4 is 23.2 Å². The van der Waals surface area contributed by atoms with Crippen LogP contribution in [-0.2, 0) is 16.1 Å². The van der Waals surface area contributed by atoms with Gasteiger partial charge < -0.3 is 25.0 Å². The highest BCUT2D eigenvalue weighted by molar-refractivity contribution is 6.01. The lowest BCUT2D eigenvalue weighted by Crippen LogP contribution is -2.64. The number of carbonyl (C=O) groups excluding carboxylic acids is 2. The van der Waals surface area contributed by atoms with E-state index in [1.807, 2.05) is 18.2 Å². The smallest absolute Gasteiger partial charge is 0.273 e. The van der Waals surface area contributed by atoms with Gasteiger partial charge in [0.2, 0.25) is 5.60 Å². The Labute approximate surface area is 180 Å². The van der Waals surface area contributed by atoms with E-state index in [1.165, 1.54) is 0 Å². The summed E-state index contributed by atoms with van der Waals surface area (Å²) in [4.78, 5) is 32.9. The van der Waals surface area contributed by atoms with E-state index in [0.717, 1.165) is 49.7 Å². The van der Waals surface area contributed by atoms with E-state index in [0.29, 0.717) is 24.7 Å². The highest BCUT2D eigenvalue weighted by atomic mass is 16.6. The zero-order valence-electron chi connectivity index (χ0n) is 17.4. The summed E-state index contributed by atoms with van der Waals surface area (Å²) in [6, 6.07) is 9.67. The van der Waals surface area contributed by atoms with Crippen molar-refractivity contribution in [1.29, 1.82) is 0 Å². The van der Waals surface area contributed by atoms with Crippen LogP contribution in [0.25, 0.3) is 0 Å². The van der Waals surface area contributed by atoms with E-state index < -0.39 is 5.60 Å². The quantitative estimate of drug-likeness (QED) is 0.753. The van der Waals surface area contributed by atoms with Crippen molar-refractivity contribution in [2.75, 3.05) is 56.7 Å². The molecule has 4 heterocycles. The van der Waals surface area contributed by atoms with Crippen molar-refractivity contribution < 1.29 is 19.1 Å². The molecule has 5 rings (SSSR count). The fraction of sp³-hybridized carbons (Fsp3) is 0.409. The predicted molar refractivity (Wildman–Crippen MR) is 114 cm³/mol. The number of amides is 2. The number of benzene rings is 1. The highest BCUT2D eigenvalue weighted by Crippen LogP contribution is 2.37. The number of fused-ring (bicyclic) bond motifs is 1. The minimum atomic E-state index is -0.849. The summed E-state index contributed by atoms with van der Waals surface area (Å²) in [5.41, 5.74) is 2.45. The van der Waals surface area contributed by atoms with E-state index >= 15 is 0 Å². The van der Waals surface area contributed by atoms with Crippen LogP contribution in [0.4, 0.5) is 11.4 Å². The van der Waals surface area contributed by atoms with Crippen molar-refractivity contribution in [3.8, 4) is 5.75 Å². The average Bonchev–Trinajstić information content (AvgIpc) is 2.77. The molecule has 0 unspecified atom stereocenters. The molecule has 1 aromatic carbocycles. The summed E-state index contributed by atoms with van der Waals surface area (Å²) in [6.07, 6.45) is 1.76. The molecule has 2 amide bonds. The van der Waals surface area contributed by atoms with E-state index in [1.54, 1.807) is 19.3 Å². The van der Waals surface area contributed by atoms with Gasteiger partial charge in [-0.25, -0.2) is 4.98 Å². The monoisotopic (exact) mass is 423 g/mol. The Morgan fingerprint density at radius 2 is 2.00 bits per heavy atom. The standard InChI is InChI=1S/C22H25N5O4/c1-23-20(28)17-4-3-16(11-24-17)27-8-6-26(7-9-27)12-15-2-5-19-18(10-15)25-21(29)22(31-19)13-30-14-22/h2-5,10-11H,6-9,12-14H2,1H3,(H,23,28)(H,25,29). The van der Waals surface area contributed by atoms with Gasteiger partial charge in [-0.1, -0.05) is 6.07 Å². The lowest BCUT2D eigenvalue weighted by atomic mass is 9.98. The van der Waals surface area contributed by atoms with Gasteiger partial charge in [-0.05, 0) is 29.8 Å². The summed E-state index contributed by atoms with van der Waals surface area (Å²) < 4.78 is 11.1. The second kappa shape index (κ2) is 7.82. The fourth-order valence-electron chi connectivity index (χ4n) is 4.09. The van der Waals surface area contributed by atoms with Crippen LogP contribution < -0.4 is 20.3 Å². The third kappa shape index (κ3) is 3.70. The first-order valence-corrected chi connectivity index (χ1v) is 10.4. The van der Waals surface area contributed by atoms with Gasteiger partial charge in [0, 0.05) is 39.8 Å². The number of rotatable bonds is 4. The second-order valence-electron chi connectivity index (χ2n) is 8.12. The molecular formula is C22H25N5O4. The molecule has 31 heavy (non-hydrogen) atoms. The summed E-state index contributed by atoms with van der Waals surface area (Å²) >= 11 is 0. The first kappa shape index (κ1) is 19.8. The van der Waals surface area contributed by atoms with Gasteiger partial charge in [0.25, 0.3) is 11.8 Å². The van der Waals surface area contributed by atoms with Crippen LogP contribution in [0.5, 0.6) is 5.75 Å². The number of pyridine rings is 1. The molecule has 1 aromatic heterocycles. The van der Waals surface area contributed by atoms with Crippen molar-refractivity contribution in [3.05, 3.63) is 47.8 Å². The lowest BCUT2D eigenvalue weighted by molar-refractivity contribution is -0.178. The summed E-state index contributed by atoms with van der Waals surface area (Å²) in [6.45, 7) is 5.00. The topological polar surface area (TPSA) is 96.0 Å². The van der Waals surface area contributed by atoms with Crippen LogP contribution in [0.3, 0.4) is 0 Å². The number of carbonyl (C=O) groups is 2. The van der Waals surface area contributed by atoms with Gasteiger partial charge in [0.1, 0.15) is 11.4 Å². The molecule has 2 aromatic rings. The first-order valence-electron chi connectivity index (χ1n) is 10.4. The van der Waals surface area contributed by atoms with Crippen molar-refractivity contribution in [3.63, 3.8) is 0 Å². The third-order valence-electron chi connectivity index (χ3n) is 6.03. The van der Waals surface area contributed by atoms with Crippen molar-refractivity contribution in [2.45, 2.75) is 12.1 Å². The molecule has 0 radical (unpaired) electrons. The minimum absolute atomic E-state index is 0.131. The number of hydrogen-bond acceptors (Lipinski definition) is 7. The number of anilines is 2. The van der Waals surface area contributed by atoms with Gasteiger partial charge >= 0.3 is 0 Å². The van der Waals surface area contributed by atoms with Gasteiger partial charge in [0.05, 0.1) is 30.8 Å². The molecule has 9 nitrogen and oxygen atoms in total. The van der Waals surface area contributed by atoms with Crippen LogP contribution in [0.15, 0.2) is 36.5 Å². The molecule has 0 bridgehead atoms. The Kier molecular flexibility index (Phi) is 4.99. The summed E-state index contributed by atoms with van der Waals surface area (Å²) in [5, 5.41) is 5.55. The van der Waals surface area contributed by atoms with Crippen LogP contribution in [0.1, 0.15) is 16.1 Å².